The number of carboxylic acid groups (broad SMARTS) is 1. The zero-order valence-electron chi connectivity index (χ0n) is 12.3. The Morgan fingerprint density at radius 1 is 1.27 bits per heavy atom. The lowest BCUT2D eigenvalue weighted by Crippen LogP contribution is -2.52. The third-order valence-corrected chi connectivity index (χ3v) is 4.65. The highest BCUT2D eigenvalue weighted by molar-refractivity contribution is 5.65. The zero-order chi connectivity index (χ0) is 15.7. The molecule has 2 atom stereocenters. The van der Waals surface area contributed by atoms with E-state index in [0.717, 1.165) is 12.0 Å². The van der Waals surface area contributed by atoms with E-state index < -0.39 is 12.2 Å². The number of nitriles is 1. The lowest BCUT2D eigenvalue weighted by Gasteiger charge is -2.42. The molecule has 3 rings (SSSR count). The van der Waals surface area contributed by atoms with E-state index in [0.29, 0.717) is 38.2 Å². The van der Waals surface area contributed by atoms with E-state index in [1.807, 2.05) is 18.2 Å². The zero-order valence-corrected chi connectivity index (χ0v) is 12.3. The van der Waals surface area contributed by atoms with Crippen molar-refractivity contribution in [2.45, 2.75) is 25.0 Å². The first-order chi connectivity index (χ1) is 10.6. The summed E-state index contributed by atoms with van der Waals surface area (Å²) in [5, 5.41) is 28.6. The number of rotatable bonds is 1. The maximum Gasteiger partial charge on any atom is 0.407 e. The molecular weight excluding hydrogens is 282 g/mol. The maximum atomic E-state index is 11.0. The molecule has 0 saturated carbocycles. The van der Waals surface area contributed by atoms with Crippen molar-refractivity contribution >= 4 is 6.09 Å². The molecule has 2 aliphatic rings. The molecule has 1 aliphatic heterocycles. The topological polar surface area (TPSA) is 87.8 Å². The summed E-state index contributed by atoms with van der Waals surface area (Å²) in [6.45, 7) is 2.10. The summed E-state index contributed by atoms with van der Waals surface area (Å²) in [6, 6.07) is 7.66. The van der Waals surface area contributed by atoms with Crippen LogP contribution in [0.25, 0.3) is 0 Å². The van der Waals surface area contributed by atoms with E-state index >= 15 is 0 Å². The SMILES string of the molecule is N#Cc1ccc2c(c1)C(N1CCN(C(=O)O)CC1)C(O)CC2. The third-order valence-electron chi connectivity index (χ3n) is 4.65. The number of aliphatic hydroxyl groups is 1. The van der Waals surface area contributed by atoms with Crippen molar-refractivity contribution in [3.63, 3.8) is 0 Å². The van der Waals surface area contributed by atoms with Gasteiger partial charge in [-0.25, -0.2) is 4.79 Å². The summed E-state index contributed by atoms with van der Waals surface area (Å²) in [5.41, 5.74) is 2.79. The number of piperazine rings is 1. The largest absolute Gasteiger partial charge is 0.465 e. The number of hydrogen-bond acceptors (Lipinski definition) is 4. The molecule has 1 amide bonds. The van der Waals surface area contributed by atoms with Gasteiger partial charge in [-0.2, -0.15) is 5.26 Å². The average molecular weight is 301 g/mol. The van der Waals surface area contributed by atoms with Crippen LogP contribution >= 0.6 is 0 Å². The molecule has 0 aromatic heterocycles. The van der Waals surface area contributed by atoms with E-state index in [1.165, 1.54) is 10.5 Å². The van der Waals surface area contributed by atoms with Gasteiger partial charge in [0.05, 0.1) is 23.8 Å². The van der Waals surface area contributed by atoms with Gasteiger partial charge in [0.15, 0.2) is 0 Å². The van der Waals surface area contributed by atoms with E-state index in [9.17, 15) is 9.90 Å². The minimum atomic E-state index is -0.893. The molecule has 1 heterocycles. The Morgan fingerprint density at radius 3 is 2.64 bits per heavy atom. The van der Waals surface area contributed by atoms with Crippen LogP contribution in [0.1, 0.15) is 29.2 Å². The van der Waals surface area contributed by atoms with Gasteiger partial charge in [0.2, 0.25) is 0 Å². The van der Waals surface area contributed by atoms with Crippen molar-refractivity contribution in [2.75, 3.05) is 26.2 Å². The van der Waals surface area contributed by atoms with Crippen LogP contribution in [0.2, 0.25) is 0 Å². The molecule has 1 aromatic carbocycles. The van der Waals surface area contributed by atoms with Gasteiger partial charge in [0, 0.05) is 26.2 Å². The highest BCUT2D eigenvalue weighted by Gasteiger charge is 2.35. The number of hydrogen-bond donors (Lipinski definition) is 2. The molecule has 2 unspecified atom stereocenters. The summed E-state index contributed by atoms with van der Waals surface area (Å²) < 4.78 is 0. The van der Waals surface area contributed by atoms with Crippen LogP contribution < -0.4 is 0 Å². The number of carbonyl (C=O) groups is 1. The van der Waals surface area contributed by atoms with Crippen LogP contribution in [0.4, 0.5) is 4.79 Å². The number of aliphatic hydroxyl groups excluding tert-OH is 1. The monoisotopic (exact) mass is 301 g/mol. The Bertz CT molecular complexity index is 618. The van der Waals surface area contributed by atoms with Crippen molar-refractivity contribution < 1.29 is 15.0 Å². The summed E-state index contributed by atoms with van der Waals surface area (Å²) in [7, 11) is 0. The molecule has 0 spiro atoms. The second-order valence-electron chi connectivity index (χ2n) is 5.88. The summed E-state index contributed by atoms with van der Waals surface area (Å²) >= 11 is 0. The first kappa shape index (κ1) is 14.8. The van der Waals surface area contributed by atoms with Gasteiger partial charge in [0.25, 0.3) is 0 Å². The maximum absolute atomic E-state index is 11.0. The van der Waals surface area contributed by atoms with Crippen molar-refractivity contribution in [3.8, 4) is 6.07 Å². The number of nitrogens with zero attached hydrogens (tertiary/aromatic N) is 3. The molecule has 1 fully saturated rings. The summed E-state index contributed by atoms with van der Waals surface area (Å²) in [6.07, 6.45) is 0.144. The Labute approximate surface area is 129 Å². The minimum absolute atomic E-state index is 0.145. The molecule has 1 aliphatic carbocycles. The molecule has 0 radical (unpaired) electrons. The smallest absolute Gasteiger partial charge is 0.407 e. The Hall–Kier alpha value is -2.10. The lowest BCUT2D eigenvalue weighted by atomic mass is 9.83. The van der Waals surface area contributed by atoms with Gasteiger partial charge in [-0.15, -0.1) is 0 Å². The molecule has 116 valence electrons. The highest BCUT2D eigenvalue weighted by atomic mass is 16.4. The predicted molar refractivity (Wildman–Crippen MR) is 79.4 cm³/mol. The molecule has 22 heavy (non-hydrogen) atoms. The normalized spacial score (nSPS) is 25.4. The predicted octanol–water partition coefficient (Wildman–Crippen LogP) is 1.20. The van der Waals surface area contributed by atoms with Gasteiger partial charge in [-0.3, -0.25) is 4.90 Å². The minimum Gasteiger partial charge on any atom is -0.465 e. The summed E-state index contributed by atoms with van der Waals surface area (Å²) in [5.74, 6) is 0. The Morgan fingerprint density at radius 2 is 2.00 bits per heavy atom. The van der Waals surface area contributed by atoms with Gasteiger partial charge < -0.3 is 15.1 Å². The molecule has 1 saturated heterocycles. The third kappa shape index (κ3) is 2.65. The Kier molecular flexibility index (Phi) is 4.01. The van der Waals surface area contributed by atoms with Gasteiger partial charge >= 0.3 is 6.09 Å². The lowest BCUT2D eigenvalue weighted by molar-refractivity contribution is 0.0107. The number of aryl methyl sites for hydroxylation is 1. The van der Waals surface area contributed by atoms with E-state index in [2.05, 4.69) is 11.0 Å². The van der Waals surface area contributed by atoms with Crippen molar-refractivity contribution in [1.29, 1.82) is 5.26 Å². The van der Waals surface area contributed by atoms with E-state index in [1.54, 1.807) is 0 Å². The van der Waals surface area contributed by atoms with Gasteiger partial charge in [-0.05, 0) is 36.1 Å². The Balaban J connectivity index is 1.85. The molecule has 6 nitrogen and oxygen atoms in total. The number of amides is 1. The van der Waals surface area contributed by atoms with Gasteiger partial charge in [-0.1, -0.05) is 6.07 Å². The van der Waals surface area contributed by atoms with E-state index in [4.69, 9.17) is 10.4 Å². The molecule has 2 N–H and O–H groups in total. The second kappa shape index (κ2) is 5.95. The van der Waals surface area contributed by atoms with Crippen LogP contribution in [0, 0.1) is 11.3 Å². The molecule has 6 heteroatoms. The number of fused-ring (bicyclic) bond motifs is 1. The van der Waals surface area contributed by atoms with Crippen LogP contribution in [-0.2, 0) is 6.42 Å². The summed E-state index contributed by atoms with van der Waals surface area (Å²) in [4.78, 5) is 14.5. The standard InChI is InChI=1S/C16H19N3O3/c17-10-11-1-2-12-3-4-14(20)15(13(12)9-11)18-5-7-19(8-6-18)16(21)22/h1-2,9,14-15,20H,3-8H2,(H,21,22). The fourth-order valence-electron chi connectivity index (χ4n) is 3.47. The first-order valence-corrected chi connectivity index (χ1v) is 7.53. The van der Waals surface area contributed by atoms with Crippen molar-refractivity contribution in [2.24, 2.45) is 0 Å². The van der Waals surface area contributed by atoms with Crippen LogP contribution in [0.5, 0.6) is 0 Å². The van der Waals surface area contributed by atoms with E-state index in [-0.39, 0.29) is 6.04 Å². The number of benzene rings is 1. The van der Waals surface area contributed by atoms with Gasteiger partial charge in [0.1, 0.15) is 0 Å². The van der Waals surface area contributed by atoms with Crippen LogP contribution in [0.15, 0.2) is 18.2 Å². The molecule has 0 bridgehead atoms. The molecular formula is C16H19N3O3. The fourth-order valence-corrected chi connectivity index (χ4v) is 3.47. The first-order valence-electron chi connectivity index (χ1n) is 7.53. The fraction of sp³-hybridized carbons (Fsp3) is 0.500. The van der Waals surface area contributed by atoms with Crippen molar-refractivity contribution in [3.05, 3.63) is 34.9 Å². The van der Waals surface area contributed by atoms with Crippen molar-refractivity contribution in [1.82, 2.24) is 9.80 Å². The molecule has 1 aromatic rings. The highest BCUT2D eigenvalue weighted by Crippen LogP contribution is 2.35. The second-order valence-corrected chi connectivity index (χ2v) is 5.88. The van der Waals surface area contributed by atoms with Crippen LogP contribution in [-0.4, -0.2) is 58.4 Å². The quantitative estimate of drug-likeness (QED) is 0.814. The average Bonchev–Trinajstić information content (AvgIpc) is 2.54. The van der Waals surface area contributed by atoms with Crippen LogP contribution in [0.3, 0.4) is 0 Å².